The van der Waals surface area contributed by atoms with E-state index in [9.17, 15) is 0 Å². The number of hydrogen-bond donors (Lipinski definition) is 1. The van der Waals surface area contributed by atoms with Gasteiger partial charge in [0.2, 0.25) is 11.8 Å². The van der Waals surface area contributed by atoms with Gasteiger partial charge in [-0.15, -0.1) is 10.2 Å². The standard InChI is InChI=1S/C19H25N3O3/c1-23-16-9-8-15(12-17(16)24-2)19-22-21-18(25-19)13-20-11-10-14-6-4-3-5-7-14/h6,8-9,12,20H,3-5,7,10-11,13H2,1-2H3. The van der Waals surface area contributed by atoms with Crippen LogP contribution in [0.2, 0.25) is 0 Å². The molecule has 0 bridgehead atoms. The predicted molar refractivity (Wildman–Crippen MR) is 95.7 cm³/mol. The minimum atomic E-state index is 0.479. The Labute approximate surface area is 148 Å². The van der Waals surface area contributed by atoms with Gasteiger partial charge in [-0.1, -0.05) is 11.6 Å². The highest BCUT2D eigenvalue weighted by molar-refractivity contribution is 5.59. The first kappa shape index (κ1) is 17.5. The molecular formula is C19H25N3O3. The normalized spacial score (nSPS) is 14.2. The summed E-state index contributed by atoms with van der Waals surface area (Å²) in [6, 6.07) is 5.54. The van der Waals surface area contributed by atoms with Crippen LogP contribution < -0.4 is 14.8 Å². The topological polar surface area (TPSA) is 69.4 Å². The first-order valence-electron chi connectivity index (χ1n) is 8.73. The van der Waals surface area contributed by atoms with Gasteiger partial charge in [-0.25, -0.2) is 0 Å². The molecule has 0 fully saturated rings. The average Bonchev–Trinajstić information content (AvgIpc) is 3.14. The van der Waals surface area contributed by atoms with Crippen molar-refractivity contribution in [2.45, 2.75) is 38.6 Å². The predicted octanol–water partition coefficient (Wildman–Crippen LogP) is 3.73. The van der Waals surface area contributed by atoms with Crippen molar-refractivity contribution < 1.29 is 13.9 Å². The molecule has 1 aromatic carbocycles. The van der Waals surface area contributed by atoms with Gasteiger partial charge in [0.15, 0.2) is 11.5 Å². The molecule has 3 rings (SSSR count). The lowest BCUT2D eigenvalue weighted by Crippen LogP contribution is -2.15. The highest BCUT2D eigenvalue weighted by Crippen LogP contribution is 2.31. The first-order chi connectivity index (χ1) is 12.3. The van der Waals surface area contributed by atoms with E-state index >= 15 is 0 Å². The van der Waals surface area contributed by atoms with Crippen LogP contribution >= 0.6 is 0 Å². The molecule has 0 saturated heterocycles. The number of methoxy groups -OCH3 is 2. The van der Waals surface area contributed by atoms with Gasteiger partial charge in [-0.05, 0) is 56.8 Å². The number of aromatic nitrogens is 2. The number of rotatable bonds is 8. The fraction of sp³-hybridized carbons (Fsp3) is 0.474. The van der Waals surface area contributed by atoms with Crippen LogP contribution in [-0.4, -0.2) is 31.0 Å². The Kier molecular flexibility index (Phi) is 6.06. The quantitative estimate of drug-likeness (QED) is 0.582. The van der Waals surface area contributed by atoms with Gasteiger partial charge >= 0.3 is 0 Å². The average molecular weight is 343 g/mol. The van der Waals surface area contributed by atoms with Gasteiger partial charge in [0.1, 0.15) is 0 Å². The SMILES string of the molecule is COc1ccc(-c2nnc(CNCCC3=CCCCC3)o2)cc1OC. The monoisotopic (exact) mass is 343 g/mol. The molecule has 0 radical (unpaired) electrons. The van der Waals surface area contributed by atoms with Crippen molar-refractivity contribution in [2.24, 2.45) is 0 Å². The van der Waals surface area contributed by atoms with Crippen molar-refractivity contribution in [1.82, 2.24) is 15.5 Å². The lowest BCUT2D eigenvalue weighted by Gasteiger charge is -2.12. The van der Waals surface area contributed by atoms with Gasteiger partial charge in [0.25, 0.3) is 0 Å². The largest absolute Gasteiger partial charge is 0.493 e. The molecule has 0 amide bonds. The van der Waals surface area contributed by atoms with E-state index in [4.69, 9.17) is 13.9 Å². The molecule has 1 aromatic heterocycles. The molecule has 2 aromatic rings. The Bertz CT molecular complexity index is 724. The molecule has 1 heterocycles. The molecule has 25 heavy (non-hydrogen) atoms. The molecule has 0 spiro atoms. The van der Waals surface area contributed by atoms with Gasteiger partial charge in [0, 0.05) is 5.56 Å². The first-order valence-corrected chi connectivity index (χ1v) is 8.73. The maximum absolute atomic E-state index is 5.74. The number of nitrogens with one attached hydrogen (secondary N) is 1. The summed E-state index contributed by atoms with van der Waals surface area (Å²) in [4.78, 5) is 0. The van der Waals surface area contributed by atoms with Crippen LogP contribution in [0.15, 0.2) is 34.3 Å². The third kappa shape index (κ3) is 4.60. The van der Waals surface area contributed by atoms with Crippen LogP contribution in [-0.2, 0) is 6.54 Å². The van der Waals surface area contributed by atoms with Crippen LogP contribution in [0.1, 0.15) is 38.0 Å². The molecule has 0 saturated carbocycles. The molecule has 134 valence electrons. The smallest absolute Gasteiger partial charge is 0.247 e. The lowest BCUT2D eigenvalue weighted by atomic mass is 9.97. The minimum absolute atomic E-state index is 0.479. The number of hydrogen-bond acceptors (Lipinski definition) is 6. The summed E-state index contributed by atoms with van der Waals surface area (Å²) in [6.45, 7) is 1.51. The van der Waals surface area contributed by atoms with Crippen molar-refractivity contribution in [1.29, 1.82) is 0 Å². The van der Waals surface area contributed by atoms with Gasteiger partial charge in [-0.3, -0.25) is 0 Å². The fourth-order valence-electron chi connectivity index (χ4n) is 2.99. The maximum Gasteiger partial charge on any atom is 0.247 e. The second-order valence-corrected chi connectivity index (χ2v) is 6.11. The van der Waals surface area contributed by atoms with E-state index in [-0.39, 0.29) is 0 Å². The zero-order chi connectivity index (χ0) is 17.5. The van der Waals surface area contributed by atoms with Crippen LogP contribution in [0.4, 0.5) is 0 Å². The zero-order valence-electron chi connectivity index (χ0n) is 14.9. The Balaban J connectivity index is 1.54. The maximum atomic E-state index is 5.74. The van der Waals surface area contributed by atoms with E-state index in [1.54, 1.807) is 19.8 Å². The minimum Gasteiger partial charge on any atom is -0.493 e. The molecule has 6 nitrogen and oxygen atoms in total. The van der Waals surface area contributed by atoms with E-state index < -0.39 is 0 Å². The third-order valence-corrected chi connectivity index (χ3v) is 4.38. The summed E-state index contributed by atoms with van der Waals surface area (Å²) in [7, 11) is 3.21. The Morgan fingerprint density at radius 1 is 1.12 bits per heavy atom. The van der Waals surface area contributed by atoms with Crippen molar-refractivity contribution in [3.8, 4) is 23.0 Å². The van der Waals surface area contributed by atoms with Crippen LogP contribution in [0.5, 0.6) is 11.5 Å². The van der Waals surface area contributed by atoms with Crippen molar-refractivity contribution in [3.63, 3.8) is 0 Å². The molecule has 0 atom stereocenters. The molecule has 1 aliphatic rings. The van der Waals surface area contributed by atoms with Crippen LogP contribution in [0, 0.1) is 0 Å². The highest BCUT2D eigenvalue weighted by atomic mass is 16.5. The molecule has 0 aliphatic heterocycles. The second-order valence-electron chi connectivity index (χ2n) is 6.11. The molecule has 1 aliphatic carbocycles. The number of ether oxygens (including phenoxy) is 2. The van der Waals surface area contributed by atoms with E-state index in [1.165, 1.54) is 25.7 Å². The molecule has 6 heteroatoms. The van der Waals surface area contributed by atoms with Crippen LogP contribution in [0.3, 0.4) is 0 Å². The highest BCUT2D eigenvalue weighted by Gasteiger charge is 2.12. The van der Waals surface area contributed by atoms with E-state index in [0.717, 1.165) is 18.5 Å². The number of allylic oxidation sites excluding steroid dienone is 1. The Morgan fingerprint density at radius 3 is 2.76 bits per heavy atom. The summed E-state index contributed by atoms with van der Waals surface area (Å²) >= 11 is 0. The fourth-order valence-corrected chi connectivity index (χ4v) is 2.99. The van der Waals surface area contributed by atoms with Gasteiger partial charge in [0.05, 0.1) is 20.8 Å². The van der Waals surface area contributed by atoms with Crippen molar-refractivity contribution in [2.75, 3.05) is 20.8 Å². The summed E-state index contributed by atoms with van der Waals surface area (Å²) < 4.78 is 16.3. The molecule has 1 N–H and O–H groups in total. The van der Waals surface area contributed by atoms with Gasteiger partial charge in [-0.2, -0.15) is 0 Å². The summed E-state index contributed by atoms with van der Waals surface area (Å²) in [5, 5.41) is 11.6. The second kappa shape index (κ2) is 8.67. The third-order valence-electron chi connectivity index (χ3n) is 4.38. The van der Waals surface area contributed by atoms with E-state index in [2.05, 4.69) is 21.6 Å². The van der Waals surface area contributed by atoms with Crippen molar-refractivity contribution in [3.05, 3.63) is 35.7 Å². The van der Waals surface area contributed by atoms with E-state index in [1.807, 2.05) is 18.2 Å². The zero-order valence-corrected chi connectivity index (χ0v) is 14.9. The summed E-state index contributed by atoms with van der Waals surface area (Å²) in [6.07, 6.45) is 8.60. The lowest BCUT2D eigenvalue weighted by molar-refractivity contribution is 0.355. The number of benzene rings is 1. The van der Waals surface area contributed by atoms with Crippen molar-refractivity contribution >= 4 is 0 Å². The van der Waals surface area contributed by atoms with Gasteiger partial charge < -0.3 is 19.2 Å². The molecule has 0 unspecified atom stereocenters. The number of nitrogens with zero attached hydrogens (tertiary/aromatic N) is 2. The molecular weight excluding hydrogens is 318 g/mol. The Hall–Kier alpha value is -2.34. The van der Waals surface area contributed by atoms with Crippen LogP contribution in [0.25, 0.3) is 11.5 Å². The van der Waals surface area contributed by atoms with E-state index in [0.29, 0.717) is 29.8 Å². The summed E-state index contributed by atoms with van der Waals surface area (Å²) in [5.41, 5.74) is 2.37. The summed E-state index contributed by atoms with van der Waals surface area (Å²) in [5.74, 6) is 2.37. The Morgan fingerprint density at radius 2 is 2.00 bits per heavy atom.